The molecule has 3 rings (SSSR count). The molecule has 0 aliphatic carbocycles. The Morgan fingerprint density at radius 3 is 2.39 bits per heavy atom. The maximum atomic E-state index is 12.4. The topological polar surface area (TPSA) is 119 Å². The number of carbonyl (C=O) groups excluding carboxylic acids is 2. The van der Waals surface area contributed by atoms with E-state index in [1.807, 2.05) is 38.1 Å². The minimum absolute atomic E-state index is 0.0461. The van der Waals surface area contributed by atoms with Crippen molar-refractivity contribution in [3.05, 3.63) is 70.0 Å². The molecule has 174 valence electrons. The number of amides is 1. The van der Waals surface area contributed by atoms with Crippen molar-refractivity contribution >= 4 is 39.2 Å². The van der Waals surface area contributed by atoms with Crippen LogP contribution < -0.4 is 10.0 Å². The lowest BCUT2D eigenvalue weighted by Crippen LogP contribution is -2.22. The number of nitrogens with zero attached hydrogens (tertiary/aromatic N) is 2. The lowest BCUT2D eigenvalue weighted by molar-refractivity contribution is -0.119. The van der Waals surface area contributed by atoms with Crippen molar-refractivity contribution in [3.8, 4) is 5.69 Å². The van der Waals surface area contributed by atoms with Gasteiger partial charge in [-0.05, 0) is 58.2 Å². The van der Waals surface area contributed by atoms with E-state index >= 15 is 0 Å². The van der Waals surface area contributed by atoms with E-state index in [0.717, 1.165) is 23.0 Å². The first-order valence-electron chi connectivity index (χ1n) is 9.87. The number of benzene rings is 2. The van der Waals surface area contributed by atoms with E-state index in [1.165, 1.54) is 19.2 Å². The Labute approximate surface area is 196 Å². The summed E-state index contributed by atoms with van der Waals surface area (Å²) in [5, 5.41) is 7.14. The average molecular weight is 491 g/mol. The Kier molecular flexibility index (Phi) is 7.21. The second-order valence-corrected chi connectivity index (χ2v) is 9.53. The average Bonchev–Trinajstić information content (AvgIpc) is 3.06. The van der Waals surface area contributed by atoms with Crippen molar-refractivity contribution in [2.45, 2.75) is 25.7 Å². The molecule has 1 heterocycles. The minimum Gasteiger partial charge on any atom is -0.452 e. The van der Waals surface area contributed by atoms with Gasteiger partial charge in [0.15, 0.2) is 6.61 Å². The number of nitrogens with one attached hydrogen (secondary N) is 2. The summed E-state index contributed by atoms with van der Waals surface area (Å²) in [6.07, 6.45) is 0. The number of anilines is 1. The molecular formula is C22H23ClN4O5S. The van der Waals surface area contributed by atoms with Gasteiger partial charge in [0.05, 0.1) is 33.3 Å². The molecule has 2 N–H and O–H groups in total. The van der Waals surface area contributed by atoms with E-state index in [4.69, 9.17) is 16.3 Å². The van der Waals surface area contributed by atoms with Crippen molar-refractivity contribution in [1.29, 1.82) is 0 Å². The van der Waals surface area contributed by atoms with Crippen LogP contribution in [0.4, 0.5) is 5.69 Å². The third kappa shape index (κ3) is 5.41. The normalized spacial score (nSPS) is 11.3. The van der Waals surface area contributed by atoms with Crippen LogP contribution in [0.3, 0.4) is 0 Å². The van der Waals surface area contributed by atoms with Crippen molar-refractivity contribution in [2.75, 3.05) is 19.0 Å². The van der Waals surface area contributed by atoms with Gasteiger partial charge in [0.1, 0.15) is 4.90 Å². The highest BCUT2D eigenvalue weighted by Gasteiger charge is 2.20. The van der Waals surface area contributed by atoms with Crippen molar-refractivity contribution in [2.24, 2.45) is 0 Å². The molecule has 0 saturated carbocycles. The highest BCUT2D eigenvalue weighted by molar-refractivity contribution is 7.89. The molecule has 0 aliphatic rings. The fourth-order valence-electron chi connectivity index (χ4n) is 3.10. The van der Waals surface area contributed by atoms with Gasteiger partial charge in [0.25, 0.3) is 5.91 Å². The quantitative estimate of drug-likeness (QED) is 0.491. The summed E-state index contributed by atoms with van der Waals surface area (Å²) in [5.41, 5.74) is 3.75. The number of ether oxygens (including phenoxy) is 1. The summed E-state index contributed by atoms with van der Waals surface area (Å²) >= 11 is 5.92. The third-order valence-corrected chi connectivity index (χ3v) is 6.79. The predicted molar refractivity (Wildman–Crippen MR) is 124 cm³/mol. The zero-order chi connectivity index (χ0) is 24.3. The molecule has 11 heteroatoms. The second-order valence-electron chi connectivity index (χ2n) is 7.27. The molecule has 1 aromatic heterocycles. The number of rotatable bonds is 7. The number of sulfonamides is 1. The zero-order valence-corrected chi connectivity index (χ0v) is 20.0. The molecule has 33 heavy (non-hydrogen) atoms. The molecule has 0 aliphatic heterocycles. The van der Waals surface area contributed by atoms with Crippen LogP contribution >= 0.6 is 11.6 Å². The van der Waals surface area contributed by atoms with Gasteiger partial charge in [0, 0.05) is 0 Å². The molecule has 9 nitrogen and oxygen atoms in total. The standard InChI is InChI=1S/C22H23ClN4O5S/c1-13-5-8-17(9-6-13)27-15(3)21(14(2)26-27)25-20(28)12-32-22(29)16-7-10-18(23)19(11-16)33(30,31)24-4/h5-11,24H,12H2,1-4H3,(H,25,28). The van der Waals surface area contributed by atoms with E-state index in [1.54, 1.807) is 11.6 Å². The van der Waals surface area contributed by atoms with Crippen LogP contribution in [0, 0.1) is 20.8 Å². The van der Waals surface area contributed by atoms with Gasteiger partial charge in [-0.15, -0.1) is 0 Å². The Hall–Kier alpha value is -3.21. The summed E-state index contributed by atoms with van der Waals surface area (Å²) in [5.74, 6) is -1.42. The van der Waals surface area contributed by atoms with E-state index in [2.05, 4.69) is 15.1 Å². The summed E-state index contributed by atoms with van der Waals surface area (Å²) in [6, 6.07) is 11.5. The zero-order valence-electron chi connectivity index (χ0n) is 18.5. The number of hydrogen-bond donors (Lipinski definition) is 2. The van der Waals surface area contributed by atoms with Crippen LogP contribution in [-0.4, -0.2) is 43.7 Å². The molecule has 1 amide bonds. The SMILES string of the molecule is CNS(=O)(=O)c1cc(C(=O)OCC(=O)Nc2c(C)nn(-c3ccc(C)cc3)c2C)ccc1Cl. The smallest absolute Gasteiger partial charge is 0.338 e. The monoisotopic (exact) mass is 490 g/mol. The van der Waals surface area contributed by atoms with Crippen molar-refractivity contribution in [3.63, 3.8) is 0 Å². The molecule has 3 aromatic rings. The molecule has 0 radical (unpaired) electrons. The number of aryl methyl sites for hydroxylation is 2. The van der Waals surface area contributed by atoms with Crippen LogP contribution in [0.2, 0.25) is 5.02 Å². The van der Waals surface area contributed by atoms with E-state index < -0.39 is 28.5 Å². The highest BCUT2D eigenvalue weighted by Crippen LogP contribution is 2.24. The lowest BCUT2D eigenvalue weighted by atomic mass is 10.2. The molecule has 0 spiro atoms. The van der Waals surface area contributed by atoms with E-state index in [0.29, 0.717) is 11.4 Å². The van der Waals surface area contributed by atoms with Gasteiger partial charge in [-0.25, -0.2) is 22.6 Å². The predicted octanol–water partition coefficient (Wildman–Crippen LogP) is 3.15. The van der Waals surface area contributed by atoms with Gasteiger partial charge in [-0.1, -0.05) is 29.3 Å². The maximum Gasteiger partial charge on any atom is 0.338 e. The Bertz CT molecular complexity index is 1320. The van der Waals surface area contributed by atoms with Gasteiger partial charge in [-0.2, -0.15) is 5.10 Å². The number of halogens is 1. The summed E-state index contributed by atoms with van der Waals surface area (Å²) in [6.45, 7) is 5.00. The molecule has 0 fully saturated rings. The Balaban J connectivity index is 1.70. The largest absolute Gasteiger partial charge is 0.452 e. The first-order chi connectivity index (χ1) is 15.5. The molecule has 0 unspecified atom stereocenters. The van der Waals surface area contributed by atoms with Crippen LogP contribution in [0.5, 0.6) is 0 Å². The summed E-state index contributed by atoms with van der Waals surface area (Å²) in [7, 11) is -2.64. The first kappa shape index (κ1) is 24.4. The van der Waals surface area contributed by atoms with Crippen LogP contribution in [0.1, 0.15) is 27.3 Å². The van der Waals surface area contributed by atoms with Crippen LogP contribution in [-0.2, 0) is 19.6 Å². The summed E-state index contributed by atoms with van der Waals surface area (Å²) in [4.78, 5) is 24.5. The maximum absolute atomic E-state index is 12.4. The molecular weight excluding hydrogens is 468 g/mol. The molecule has 0 bridgehead atoms. The van der Waals surface area contributed by atoms with Crippen LogP contribution in [0.15, 0.2) is 47.4 Å². The lowest BCUT2D eigenvalue weighted by Gasteiger charge is -2.09. The van der Waals surface area contributed by atoms with Gasteiger partial charge in [-0.3, -0.25) is 4.79 Å². The van der Waals surface area contributed by atoms with E-state index in [9.17, 15) is 18.0 Å². The molecule has 0 atom stereocenters. The first-order valence-corrected chi connectivity index (χ1v) is 11.7. The second kappa shape index (κ2) is 9.74. The number of esters is 1. The third-order valence-electron chi connectivity index (χ3n) is 4.89. The van der Waals surface area contributed by atoms with Gasteiger partial charge >= 0.3 is 5.97 Å². The molecule has 0 saturated heterocycles. The fourth-order valence-corrected chi connectivity index (χ4v) is 4.35. The van der Waals surface area contributed by atoms with Gasteiger partial charge < -0.3 is 10.1 Å². The number of aromatic nitrogens is 2. The van der Waals surface area contributed by atoms with Crippen LogP contribution in [0.25, 0.3) is 5.69 Å². The number of hydrogen-bond acceptors (Lipinski definition) is 6. The highest BCUT2D eigenvalue weighted by atomic mass is 35.5. The summed E-state index contributed by atoms with van der Waals surface area (Å²) < 4.78 is 33.0. The molecule has 2 aromatic carbocycles. The Morgan fingerprint density at radius 2 is 1.76 bits per heavy atom. The van der Waals surface area contributed by atoms with Crippen molar-refractivity contribution in [1.82, 2.24) is 14.5 Å². The fraction of sp³-hybridized carbons (Fsp3) is 0.227. The number of carbonyl (C=O) groups is 2. The van der Waals surface area contributed by atoms with E-state index in [-0.39, 0.29) is 15.5 Å². The Morgan fingerprint density at radius 1 is 1.09 bits per heavy atom. The van der Waals surface area contributed by atoms with Crippen molar-refractivity contribution < 1.29 is 22.7 Å². The minimum atomic E-state index is -3.87. The van der Waals surface area contributed by atoms with Gasteiger partial charge in [0.2, 0.25) is 10.0 Å².